The van der Waals surface area contributed by atoms with Gasteiger partial charge in [-0.1, -0.05) is 13.0 Å². The molecule has 1 aliphatic heterocycles. The molecular weight excluding hydrogens is 344 g/mol. The van der Waals surface area contributed by atoms with E-state index in [1.165, 1.54) is 0 Å². The molecule has 0 bridgehead atoms. The Morgan fingerprint density at radius 2 is 2.07 bits per heavy atom. The lowest BCUT2D eigenvalue weighted by atomic mass is 9.88. The van der Waals surface area contributed by atoms with Crippen molar-refractivity contribution in [3.05, 3.63) is 30.0 Å². The summed E-state index contributed by atoms with van der Waals surface area (Å²) in [6, 6.07) is 5.76. The summed E-state index contributed by atoms with van der Waals surface area (Å²) in [7, 11) is 0. The first-order chi connectivity index (χ1) is 13.0. The summed E-state index contributed by atoms with van der Waals surface area (Å²) in [5.74, 6) is 0.472. The van der Waals surface area contributed by atoms with Gasteiger partial charge in [-0.25, -0.2) is 9.97 Å². The molecule has 3 N–H and O–H groups in total. The van der Waals surface area contributed by atoms with Gasteiger partial charge in [0.1, 0.15) is 0 Å². The minimum absolute atomic E-state index is 0.0410. The number of aliphatic hydroxyl groups is 1. The SMILES string of the molecule is CC1(CNC(=O)c2ccc3cnc(NC4CCC(O)CC4)nc3c2)COC1. The van der Waals surface area contributed by atoms with E-state index in [0.29, 0.717) is 31.3 Å². The molecule has 2 heterocycles. The Balaban J connectivity index is 1.44. The minimum Gasteiger partial charge on any atom is -0.393 e. The molecule has 0 unspecified atom stereocenters. The van der Waals surface area contributed by atoms with Crippen molar-refractivity contribution < 1.29 is 14.6 Å². The number of aliphatic hydroxyl groups excluding tert-OH is 1. The smallest absolute Gasteiger partial charge is 0.251 e. The van der Waals surface area contributed by atoms with Crippen molar-refractivity contribution in [2.75, 3.05) is 25.1 Å². The molecule has 144 valence electrons. The summed E-state index contributed by atoms with van der Waals surface area (Å²) >= 11 is 0. The van der Waals surface area contributed by atoms with Crippen LogP contribution in [0.4, 0.5) is 5.95 Å². The van der Waals surface area contributed by atoms with Crippen molar-refractivity contribution in [2.45, 2.75) is 44.8 Å². The molecule has 1 saturated carbocycles. The molecule has 2 fully saturated rings. The van der Waals surface area contributed by atoms with E-state index in [9.17, 15) is 9.90 Å². The predicted octanol–water partition coefficient (Wildman–Crippen LogP) is 2.11. The number of nitrogens with one attached hydrogen (secondary N) is 2. The Morgan fingerprint density at radius 3 is 2.78 bits per heavy atom. The van der Waals surface area contributed by atoms with E-state index < -0.39 is 0 Å². The number of fused-ring (bicyclic) bond motifs is 1. The van der Waals surface area contributed by atoms with Gasteiger partial charge in [0.25, 0.3) is 5.91 Å². The first-order valence-electron chi connectivity index (χ1n) is 9.58. The number of carbonyl (C=O) groups excluding carboxylic acids is 1. The molecule has 0 atom stereocenters. The molecule has 27 heavy (non-hydrogen) atoms. The fourth-order valence-corrected chi connectivity index (χ4v) is 3.59. The predicted molar refractivity (Wildman–Crippen MR) is 103 cm³/mol. The second-order valence-electron chi connectivity index (χ2n) is 8.10. The number of benzene rings is 1. The van der Waals surface area contributed by atoms with Crippen LogP contribution in [0.25, 0.3) is 10.9 Å². The average molecular weight is 370 g/mol. The Kier molecular flexibility index (Phi) is 4.97. The normalized spacial score (nSPS) is 24.2. The third kappa shape index (κ3) is 4.20. The number of anilines is 1. The molecule has 1 aromatic heterocycles. The summed E-state index contributed by atoms with van der Waals surface area (Å²) in [6.07, 6.45) is 5.02. The van der Waals surface area contributed by atoms with Crippen LogP contribution in [0.15, 0.2) is 24.4 Å². The zero-order valence-corrected chi connectivity index (χ0v) is 15.6. The fourth-order valence-electron chi connectivity index (χ4n) is 3.59. The Labute approximate surface area is 158 Å². The van der Waals surface area contributed by atoms with Gasteiger partial charge >= 0.3 is 0 Å². The van der Waals surface area contributed by atoms with Gasteiger partial charge in [-0.3, -0.25) is 4.79 Å². The molecule has 2 aromatic rings. The Hall–Kier alpha value is -2.25. The first-order valence-corrected chi connectivity index (χ1v) is 9.58. The van der Waals surface area contributed by atoms with E-state index in [1.54, 1.807) is 12.3 Å². The largest absolute Gasteiger partial charge is 0.393 e. The molecule has 1 aromatic carbocycles. The summed E-state index contributed by atoms with van der Waals surface area (Å²) in [4.78, 5) is 21.4. The number of rotatable bonds is 5. The van der Waals surface area contributed by atoms with Gasteiger partial charge in [-0.05, 0) is 37.8 Å². The molecule has 1 saturated heterocycles. The number of nitrogens with zero attached hydrogens (tertiary/aromatic N) is 2. The monoisotopic (exact) mass is 370 g/mol. The first kappa shape index (κ1) is 18.1. The highest BCUT2D eigenvalue weighted by molar-refractivity contribution is 5.97. The van der Waals surface area contributed by atoms with Crippen molar-refractivity contribution in [1.29, 1.82) is 0 Å². The molecule has 0 radical (unpaired) electrons. The van der Waals surface area contributed by atoms with E-state index >= 15 is 0 Å². The quantitative estimate of drug-likeness (QED) is 0.746. The number of amides is 1. The Morgan fingerprint density at radius 1 is 1.30 bits per heavy atom. The van der Waals surface area contributed by atoms with Crippen LogP contribution in [-0.2, 0) is 4.74 Å². The van der Waals surface area contributed by atoms with Crippen LogP contribution in [0.2, 0.25) is 0 Å². The maximum absolute atomic E-state index is 12.5. The Bertz CT molecular complexity index is 829. The fraction of sp³-hybridized carbons (Fsp3) is 0.550. The maximum atomic E-state index is 12.5. The highest BCUT2D eigenvalue weighted by Gasteiger charge is 2.33. The average Bonchev–Trinajstić information content (AvgIpc) is 2.66. The standard InChI is InChI=1S/C20H26N4O3/c1-20(11-27-12-20)10-22-18(26)13-2-3-14-9-21-19(24-17(14)8-13)23-15-4-6-16(25)7-5-15/h2-3,8-9,15-16,25H,4-7,10-12H2,1H3,(H,22,26)(H,21,23,24). The molecule has 7 heteroatoms. The number of hydrogen-bond donors (Lipinski definition) is 3. The summed E-state index contributed by atoms with van der Waals surface area (Å²) in [6.45, 7) is 4.08. The molecule has 1 aliphatic carbocycles. The van der Waals surface area contributed by atoms with Crippen molar-refractivity contribution in [3.63, 3.8) is 0 Å². The van der Waals surface area contributed by atoms with Gasteiger partial charge < -0.3 is 20.5 Å². The highest BCUT2D eigenvalue weighted by atomic mass is 16.5. The number of hydrogen-bond acceptors (Lipinski definition) is 6. The number of aromatic nitrogens is 2. The van der Waals surface area contributed by atoms with Gasteiger partial charge in [0.05, 0.1) is 24.8 Å². The van der Waals surface area contributed by atoms with Crippen LogP contribution in [-0.4, -0.2) is 52.9 Å². The van der Waals surface area contributed by atoms with Crippen LogP contribution < -0.4 is 10.6 Å². The van der Waals surface area contributed by atoms with Gasteiger partial charge in [0.15, 0.2) is 0 Å². The van der Waals surface area contributed by atoms with E-state index in [1.807, 2.05) is 12.1 Å². The zero-order valence-electron chi connectivity index (χ0n) is 15.6. The number of carbonyl (C=O) groups is 1. The van der Waals surface area contributed by atoms with Crippen LogP contribution in [0, 0.1) is 5.41 Å². The lowest BCUT2D eigenvalue weighted by molar-refractivity contribution is -0.0978. The van der Waals surface area contributed by atoms with E-state index in [2.05, 4.69) is 27.5 Å². The van der Waals surface area contributed by atoms with Crippen LogP contribution in [0.1, 0.15) is 43.0 Å². The van der Waals surface area contributed by atoms with Crippen molar-refractivity contribution in [3.8, 4) is 0 Å². The second kappa shape index (κ2) is 7.40. The summed E-state index contributed by atoms with van der Waals surface area (Å²) in [5.41, 5.74) is 1.38. The topological polar surface area (TPSA) is 96.4 Å². The second-order valence-corrected chi connectivity index (χ2v) is 8.10. The maximum Gasteiger partial charge on any atom is 0.251 e. The molecule has 4 rings (SSSR count). The highest BCUT2D eigenvalue weighted by Crippen LogP contribution is 2.25. The molecule has 1 amide bonds. The molecular formula is C20H26N4O3. The number of ether oxygens (including phenoxy) is 1. The van der Waals surface area contributed by atoms with Gasteiger partial charge in [0.2, 0.25) is 5.95 Å². The van der Waals surface area contributed by atoms with E-state index in [4.69, 9.17) is 4.74 Å². The van der Waals surface area contributed by atoms with Gasteiger partial charge in [-0.15, -0.1) is 0 Å². The van der Waals surface area contributed by atoms with Crippen molar-refractivity contribution >= 4 is 22.8 Å². The van der Waals surface area contributed by atoms with Crippen molar-refractivity contribution in [1.82, 2.24) is 15.3 Å². The minimum atomic E-state index is -0.185. The van der Waals surface area contributed by atoms with Gasteiger partial charge in [-0.2, -0.15) is 0 Å². The van der Waals surface area contributed by atoms with Crippen LogP contribution in [0.5, 0.6) is 0 Å². The third-order valence-corrected chi connectivity index (χ3v) is 5.45. The molecule has 2 aliphatic rings. The summed E-state index contributed by atoms with van der Waals surface area (Å²) < 4.78 is 5.23. The lowest BCUT2D eigenvalue weighted by Crippen LogP contribution is -2.48. The van der Waals surface area contributed by atoms with E-state index in [-0.39, 0.29) is 23.5 Å². The van der Waals surface area contributed by atoms with Gasteiger partial charge in [0, 0.05) is 35.1 Å². The van der Waals surface area contributed by atoms with E-state index in [0.717, 1.165) is 36.6 Å². The molecule has 7 nitrogen and oxygen atoms in total. The zero-order chi connectivity index (χ0) is 18.9. The van der Waals surface area contributed by atoms with Crippen molar-refractivity contribution in [2.24, 2.45) is 5.41 Å². The van der Waals surface area contributed by atoms with Crippen LogP contribution >= 0.6 is 0 Å². The summed E-state index contributed by atoms with van der Waals surface area (Å²) in [5, 5.41) is 16.9. The van der Waals surface area contributed by atoms with Crippen LogP contribution in [0.3, 0.4) is 0 Å². The third-order valence-electron chi connectivity index (χ3n) is 5.45. The molecule has 0 spiro atoms. The lowest BCUT2D eigenvalue weighted by Gasteiger charge is -2.38.